The second-order valence-corrected chi connectivity index (χ2v) is 2.67. The van der Waals surface area contributed by atoms with Crippen molar-refractivity contribution < 1.29 is 10.2 Å². The van der Waals surface area contributed by atoms with Crippen LogP contribution in [0.5, 0.6) is 0 Å². The van der Waals surface area contributed by atoms with Crippen LogP contribution in [-0.2, 0) is 5.60 Å². The van der Waals surface area contributed by atoms with Gasteiger partial charge in [-0.2, -0.15) is 0 Å². The Morgan fingerprint density at radius 1 is 1.64 bits per heavy atom. The second kappa shape index (κ2) is 2.98. The first-order valence-corrected chi connectivity index (χ1v) is 3.40. The van der Waals surface area contributed by atoms with Gasteiger partial charge in [-0.25, -0.2) is 0 Å². The summed E-state index contributed by atoms with van der Waals surface area (Å²) in [7, 11) is 0. The van der Waals surface area contributed by atoms with E-state index in [0.717, 1.165) is 0 Å². The van der Waals surface area contributed by atoms with Gasteiger partial charge in [0.05, 0.1) is 6.61 Å². The van der Waals surface area contributed by atoms with E-state index >= 15 is 0 Å². The van der Waals surface area contributed by atoms with Gasteiger partial charge in [-0.05, 0) is 13.0 Å². The minimum atomic E-state index is -1.17. The zero-order chi connectivity index (χ0) is 8.32. The first-order valence-electron chi connectivity index (χ1n) is 3.40. The Morgan fingerprint density at radius 2 is 2.36 bits per heavy atom. The highest BCUT2D eigenvalue weighted by atomic mass is 16.3. The highest BCUT2D eigenvalue weighted by Crippen LogP contribution is 2.17. The smallest absolute Gasteiger partial charge is 0.111 e. The minimum absolute atomic E-state index is 0.293. The molecule has 3 heteroatoms. The summed E-state index contributed by atoms with van der Waals surface area (Å²) in [6.07, 6.45) is 3.16. The molecule has 1 heterocycles. The van der Waals surface area contributed by atoms with Crippen molar-refractivity contribution in [1.29, 1.82) is 0 Å². The molecule has 3 nitrogen and oxygen atoms in total. The molecular formula is C8H11NO2. The summed E-state index contributed by atoms with van der Waals surface area (Å²) in [5, 5.41) is 18.3. The normalized spacial score (nSPS) is 15.9. The third kappa shape index (κ3) is 1.76. The van der Waals surface area contributed by atoms with Crippen LogP contribution in [0.15, 0.2) is 24.5 Å². The number of aliphatic hydroxyl groups excluding tert-OH is 1. The van der Waals surface area contributed by atoms with E-state index in [1.807, 2.05) is 0 Å². The molecule has 0 fully saturated rings. The van der Waals surface area contributed by atoms with Gasteiger partial charge in [-0.1, -0.05) is 6.07 Å². The Hall–Kier alpha value is -0.930. The predicted octanol–water partition coefficient (Wildman–Crippen LogP) is 0.281. The summed E-state index contributed by atoms with van der Waals surface area (Å²) < 4.78 is 0. The van der Waals surface area contributed by atoms with E-state index in [9.17, 15) is 5.11 Å². The Kier molecular flexibility index (Phi) is 2.22. The summed E-state index contributed by atoms with van der Waals surface area (Å²) >= 11 is 0. The van der Waals surface area contributed by atoms with Gasteiger partial charge in [-0.3, -0.25) is 4.98 Å². The monoisotopic (exact) mass is 153 g/mol. The van der Waals surface area contributed by atoms with Crippen molar-refractivity contribution >= 4 is 0 Å². The van der Waals surface area contributed by atoms with Crippen molar-refractivity contribution in [2.45, 2.75) is 12.5 Å². The molecular weight excluding hydrogens is 142 g/mol. The molecule has 2 N–H and O–H groups in total. The first kappa shape index (κ1) is 8.17. The van der Waals surface area contributed by atoms with E-state index in [4.69, 9.17) is 5.11 Å². The highest BCUT2D eigenvalue weighted by Gasteiger charge is 2.21. The summed E-state index contributed by atoms with van der Waals surface area (Å²) in [6.45, 7) is 1.25. The van der Waals surface area contributed by atoms with E-state index in [1.54, 1.807) is 25.3 Å². The second-order valence-electron chi connectivity index (χ2n) is 2.67. The molecule has 1 aromatic heterocycles. The summed E-state index contributed by atoms with van der Waals surface area (Å²) in [5.41, 5.74) is -0.545. The fraction of sp³-hybridized carbons (Fsp3) is 0.375. The van der Waals surface area contributed by atoms with Gasteiger partial charge in [0.15, 0.2) is 0 Å². The molecule has 0 saturated carbocycles. The Bertz CT molecular complexity index is 221. The maximum Gasteiger partial charge on any atom is 0.111 e. The van der Waals surface area contributed by atoms with Crippen LogP contribution in [-0.4, -0.2) is 21.8 Å². The lowest BCUT2D eigenvalue weighted by molar-refractivity contribution is -0.00254. The third-order valence-electron chi connectivity index (χ3n) is 1.59. The van der Waals surface area contributed by atoms with Gasteiger partial charge in [0.2, 0.25) is 0 Å². The van der Waals surface area contributed by atoms with E-state index in [2.05, 4.69) is 4.98 Å². The van der Waals surface area contributed by atoms with Gasteiger partial charge >= 0.3 is 0 Å². The Labute approximate surface area is 65.3 Å². The molecule has 0 spiro atoms. The molecule has 11 heavy (non-hydrogen) atoms. The molecule has 0 saturated heterocycles. The largest absolute Gasteiger partial charge is 0.393 e. The average molecular weight is 153 g/mol. The van der Waals surface area contributed by atoms with Crippen LogP contribution in [0.2, 0.25) is 0 Å². The molecule has 1 aromatic rings. The molecule has 1 unspecified atom stereocenters. The van der Waals surface area contributed by atoms with Crippen LogP contribution < -0.4 is 0 Å². The summed E-state index contributed by atoms with van der Waals surface area (Å²) in [5.74, 6) is 0. The predicted molar refractivity (Wildman–Crippen MR) is 40.9 cm³/mol. The molecule has 60 valence electrons. The fourth-order valence-corrected chi connectivity index (χ4v) is 0.773. The number of hydrogen-bond acceptors (Lipinski definition) is 3. The topological polar surface area (TPSA) is 53.4 Å². The number of aliphatic hydroxyl groups is 2. The average Bonchev–Trinajstić information content (AvgIpc) is 2.06. The third-order valence-corrected chi connectivity index (χ3v) is 1.59. The summed E-state index contributed by atoms with van der Waals surface area (Å²) in [4.78, 5) is 3.83. The number of nitrogens with zero attached hydrogens (tertiary/aromatic N) is 1. The highest BCUT2D eigenvalue weighted by molar-refractivity contribution is 5.16. The van der Waals surface area contributed by atoms with E-state index in [1.165, 1.54) is 6.20 Å². The zero-order valence-corrected chi connectivity index (χ0v) is 6.36. The van der Waals surface area contributed by atoms with Gasteiger partial charge in [0, 0.05) is 18.0 Å². The van der Waals surface area contributed by atoms with Gasteiger partial charge < -0.3 is 10.2 Å². The lowest BCUT2D eigenvalue weighted by atomic mass is 9.99. The SMILES string of the molecule is CC(O)(CO)c1cccnc1. The first-order chi connectivity index (χ1) is 5.17. The van der Waals surface area contributed by atoms with E-state index in [-0.39, 0.29) is 6.61 Å². The van der Waals surface area contributed by atoms with Crippen LogP contribution in [0.25, 0.3) is 0 Å². The van der Waals surface area contributed by atoms with Gasteiger partial charge in [-0.15, -0.1) is 0 Å². The van der Waals surface area contributed by atoms with Crippen molar-refractivity contribution in [1.82, 2.24) is 4.98 Å². The molecule has 0 aromatic carbocycles. The lowest BCUT2D eigenvalue weighted by Gasteiger charge is -2.19. The maximum absolute atomic E-state index is 9.50. The number of pyridine rings is 1. The number of hydrogen-bond donors (Lipinski definition) is 2. The van der Waals surface area contributed by atoms with Crippen LogP contribution in [0, 0.1) is 0 Å². The van der Waals surface area contributed by atoms with Crippen LogP contribution >= 0.6 is 0 Å². The van der Waals surface area contributed by atoms with Crippen molar-refractivity contribution in [3.63, 3.8) is 0 Å². The van der Waals surface area contributed by atoms with Crippen molar-refractivity contribution in [3.05, 3.63) is 30.1 Å². The number of rotatable bonds is 2. The van der Waals surface area contributed by atoms with Crippen molar-refractivity contribution in [3.8, 4) is 0 Å². The maximum atomic E-state index is 9.50. The standard InChI is InChI=1S/C8H11NO2/c1-8(11,6-10)7-3-2-4-9-5-7/h2-5,10-11H,6H2,1H3. The minimum Gasteiger partial charge on any atom is -0.393 e. The Balaban J connectivity index is 2.93. The molecule has 0 bridgehead atoms. The van der Waals surface area contributed by atoms with Gasteiger partial charge in [0.25, 0.3) is 0 Å². The van der Waals surface area contributed by atoms with Crippen LogP contribution in [0.1, 0.15) is 12.5 Å². The van der Waals surface area contributed by atoms with Crippen LogP contribution in [0.3, 0.4) is 0 Å². The van der Waals surface area contributed by atoms with Crippen LogP contribution in [0.4, 0.5) is 0 Å². The van der Waals surface area contributed by atoms with Gasteiger partial charge in [0.1, 0.15) is 5.60 Å². The van der Waals surface area contributed by atoms with E-state index < -0.39 is 5.60 Å². The quantitative estimate of drug-likeness (QED) is 0.641. The molecule has 1 atom stereocenters. The molecule has 0 aliphatic carbocycles. The fourth-order valence-electron chi connectivity index (χ4n) is 0.773. The molecule has 0 aliphatic heterocycles. The lowest BCUT2D eigenvalue weighted by Crippen LogP contribution is -2.25. The molecule has 1 rings (SSSR count). The Morgan fingerprint density at radius 3 is 2.82 bits per heavy atom. The molecule has 0 amide bonds. The van der Waals surface area contributed by atoms with E-state index in [0.29, 0.717) is 5.56 Å². The zero-order valence-electron chi connectivity index (χ0n) is 6.36. The molecule has 0 radical (unpaired) electrons. The summed E-state index contributed by atoms with van der Waals surface area (Å²) in [6, 6.07) is 3.45. The van der Waals surface area contributed by atoms with Crippen molar-refractivity contribution in [2.24, 2.45) is 0 Å². The number of aromatic nitrogens is 1. The van der Waals surface area contributed by atoms with Crippen molar-refractivity contribution in [2.75, 3.05) is 6.61 Å². The molecule has 0 aliphatic rings.